The maximum atomic E-state index is 12.7. The van der Waals surface area contributed by atoms with E-state index in [1.54, 1.807) is 5.51 Å². The van der Waals surface area contributed by atoms with Crippen LogP contribution in [0.1, 0.15) is 18.5 Å². The first-order chi connectivity index (χ1) is 10.7. The molecule has 1 atom stereocenters. The van der Waals surface area contributed by atoms with Crippen LogP contribution in [0.15, 0.2) is 39.6 Å². The van der Waals surface area contributed by atoms with Crippen LogP contribution in [0.25, 0.3) is 0 Å². The summed E-state index contributed by atoms with van der Waals surface area (Å²) in [5.41, 5.74) is 3.48. The van der Waals surface area contributed by atoms with Crippen molar-refractivity contribution in [1.29, 1.82) is 0 Å². The second-order valence-electron chi connectivity index (χ2n) is 5.27. The minimum absolute atomic E-state index is 0.0590. The van der Waals surface area contributed by atoms with Crippen molar-refractivity contribution in [3.8, 4) is 0 Å². The van der Waals surface area contributed by atoms with Gasteiger partial charge in [0.15, 0.2) is 0 Å². The summed E-state index contributed by atoms with van der Waals surface area (Å²) in [7, 11) is 0. The van der Waals surface area contributed by atoms with Crippen LogP contribution in [-0.2, 0) is 16.0 Å². The molecule has 1 aliphatic rings. The van der Waals surface area contributed by atoms with Crippen LogP contribution >= 0.6 is 27.3 Å². The Morgan fingerprint density at radius 1 is 1.41 bits per heavy atom. The SMILES string of the molecule is O=C(Cc1cscn1)N(C[C@H]1CCCO1)c1ccc(Br)cc1. The summed E-state index contributed by atoms with van der Waals surface area (Å²) >= 11 is 4.94. The number of aromatic nitrogens is 1. The molecular formula is C16H17BrN2O2S. The van der Waals surface area contributed by atoms with Gasteiger partial charge in [0.25, 0.3) is 0 Å². The second-order valence-corrected chi connectivity index (χ2v) is 6.91. The van der Waals surface area contributed by atoms with E-state index in [1.165, 1.54) is 11.3 Å². The third kappa shape index (κ3) is 3.94. The number of benzene rings is 1. The zero-order valence-electron chi connectivity index (χ0n) is 12.1. The van der Waals surface area contributed by atoms with E-state index in [-0.39, 0.29) is 12.0 Å². The maximum Gasteiger partial charge on any atom is 0.233 e. The van der Waals surface area contributed by atoms with Crippen LogP contribution in [0.3, 0.4) is 0 Å². The van der Waals surface area contributed by atoms with Crippen LogP contribution in [0.2, 0.25) is 0 Å². The van der Waals surface area contributed by atoms with Gasteiger partial charge in [-0.05, 0) is 37.1 Å². The summed E-state index contributed by atoms with van der Waals surface area (Å²) in [4.78, 5) is 18.7. The molecule has 1 saturated heterocycles. The number of amides is 1. The van der Waals surface area contributed by atoms with Crippen molar-refractivity contribution in [2.24, 2.45) is 0 Å². The van der Waals surface area contributed by atoms with Gasteiger partial charge in [0.2, 0.25) is 5.91 Å². The van der Waals surface area contributed by atoms with Gasteiger partial charge in [0.1, 0.15) is 0 Å². The molecule has 2 aromatic rings. The second kappa shape index (κ2) is 7.35. The molecule has 3 rings (SSSR count). The summed E-state index contributed by atoms with van der Waals surface area (Å²) in [6.45, 7) is 1.39. The fourth-order valence-electron chi connectivity index (χ4n) is 2.54. The quantitative estimate of drug-likeness (QED) is 0.794. The van der Waals surface area contributed by atoms with Gasteiger partial charge < -0.3 is 9.64 Å². The minimum atomic E-state index is 0.0590. The Hall–Kier alpha value is -1.24. The molecule has 4 nitrogen and oxygen atoms in total. The summed E-state index contributed by atoms with van der Waals surface area (Å²) < 4.78 is 6.70. The molecule has 1 fully saturated rings. The number of anilines is 1. The van der Waals surface area contributed by atoms with Crippen molar-refractivity contribution in [3.63, 3.8) is 0 Å². The lowest BCUT2D eigenvalue weighted by Crippen LogP contribution is -2.38. The topological polar surface area (TPSA) is 42.4 Å². The van der Waals surface area contributed by atoms with Crippen LogP contribution in [0, 0.1) is 0 Å². The maximum absolute atomic E-state index is 12.7. The monoisotopic (exact) mass is 380 g/mol. The van der Waals surface area contributed by atoms with Gasteiger partial charge in [-0.15, -0.1) is 11.3 Å². The first kappa shape index (κ1) is 15.6. The van der Waals surface area contributed by atoms with Crippen molar-refractivity contribution >= 4 is 38.9 Å². The zero-order chi connectivity index (χ0) is 15.4. The number of carbonyl (C=O) groups excluding carboxylic acids is 1. The van der Waals surface area contributed by atoms with E-state index >= 15 is 0 Å². The van der Waals surface area contributed by atoms with Gasteiger partial charge in [0, 0.05) is 22.1 Å². The van der Waals surface area contributed by atoms with E-state index in [2.05, 4.69) is 20.9 Å². The molecule has 1 aliphatic heterocycles. The first-order valence-corrected chi connectivity index (χ1v) is 9.00. The van der Waals surface area contributed by atoms with E-state index in [1.807, 2.05) is 34.5 Å². The molecule has 0 saturated carbocycles. The molecule has 0 bridgehead atoms. The Kier molecular flexibility index (Phi) is 5.23. The van der Waals surface area contributed by atoms with E-state index in [4.69, 9.17) is 4.74 Å². The normalized spacial score (nSPS) is 17.6. The number of thiazole rings is 1. The van der Waals surface area contributed by atoms with Crippen LogP contribution in [0.4, 0.5) is 5.69 Å². The molecule has 2 heterocycles. The number of nitrogens with zero attached hydrogens (tertiary/aromatic N) is 2. The average molecular weight is 381 g/mol. The predicted octanol–water partition coefficient (Wildman–Crippen LogP) is 3.66. The van der Waals surface area contributed by atoms with Crippen molar-refractivity contribution in [3.05, 3.63) is 45.3 Å². The molecule has 0 spiro atoms. The van der Waals surface area contributed by atoms with Gasteiger partial charge in [-0.1, -0.05) is 15.9 Å². The number of hydrogen-bond donors (Lipinski definition) is 0. The first-order valence-electron chi connectivity index (χ1n) is 7.27. The molecule has 1 amide bonds. The van der Waals surface area contributed by atoms with E-state index < -0.39 is 0 Å². The molecule has 0 radical (unpaired) electrons. The molecule has 0 unspecified atom stereocenters. The summed E-state index contributed by atoms with van der Waals surface area (Å²) in [5, 5.41) is 1.92. The number of ether oxygens (including phenoxy) is 1. The molecule has 6 heteroatoms. The van der Waals surface area contributed by atoms with Crippen LogP contribution in [0.5, 0.6) is 0 Å². The van der Waals surface area contributed by atoms with Gasteiger partial charge in [-0.25, -0.2) is 4.98 Å². The highest BCUT2D eigenvalue weighted by Crippen LogP contribution is 2.22. The highest BCUT2D eigenvalue weighted by atomic mass is 79.9. The van der Waals surface area contributed by atoms with E-state index in [9.17, 15) is 4.79 Å². The fourth-order valence-corrected chi connectivity index (χ4v) is 3.36. The Morgan fingerprint density at radius 2 is 2.23 bits per heavy atom. The third-order valence-electron chi connectivity index (χ3n) is 3.67. The summed E-state index contributed by atoms with van der Waals surface area (Å²) in [5.74, 6) is 0.0590. The standard InChI is InChI=1S/C16H17BrN2O2S/c17-12-3-5-14(6-4-12)19(9-15-2-1-7-21-15)16(20)8-13-10-22-11-18-13/h3-6,10-11,15H,1-2,7-9H2/t15-/m1/s1. The lowest BCUT2D eigenvalue weighted by Gasteiger charge is -2.25. The molecule has 1 aromatic heterocycles. The zero-order valence-corrected chi connectivity index (χ0v) is 14.5. The largest absolute Gasteiger partial charge is 0.376 e. The minimum Gasteiger partial charge on any atom is -0.376 e. The molecule has 116 valence electrons. The van der Waals surface area contributed by atoms with E-state index in [0.29, 0.717) is 13.0 Å². The van der Waals surface area contributed by atoms with Gasteiger partial charge in [-0.2, -0.15) is 0 Å². The number of halogens is 1. The Labute approximate surface area is 142 Å². The van der Waals surface area contributed by atoms with Gasteiger partial charge >= 0.3 is 0 Å². The summed E-state index contributed by atoms with van der Waals surface area (Å²) in [6, 6.07) is 7.82. The van der Waals surface area contributed by atoms with Gasteiger partial charge in [-0.3, -0.25) is 4.79 Å². The summed E-state index contributed by atoms with van der Waals surface area (Å²) in [6.07, 6.45) is 2.53. The highest BCUT2D eigenvalue weighted by Gasteiger charge is 2.24. The van der Waals surface area contributed by atoms with Crippen LogP contribution in [-0.4, -0.2) is 30.1 Å². The lowest BCUT2D eigenvalue weighted by molar-refractivity contribution is -0.118. The van der Waals surface area contributed by atoms with E-state index in [0.717, 1.165) is 35.3 Å². The van der Waals surface area contributed by atoms with Crippen molar-refractivity contribution < 1.29 is 9.53 Å². The third-order valence-corrected chi connectivity index (χ3v) is 4.83. The molecule has 0 aliphatic carbocycles. The smallest absolute Gasteiger partial charge is 0.233 e. The number of carbonyl (C=O) groups is 1. The lowest BCUT2D eigenvalue weighted by atomic mass is 10.2. The Balaban J connectivity index is 1.77. The molecule has 0 N–H and O–H groups in total. The number of hydrogen-bond acceptors (Lipinski definition) is 4. The van der Waals surface area contributed by atoms with Crippen molar-refractivity contribution in [2.75, 3.05) is 18.1 Å². The molecule has 1 aromatic carbocycles. The van der Waals surface area contributed by atoms with Gasteiger partial charge in [0.05, 0.1) is 30.3 Å². The predicted molar refractivity (Wildman–Crippen MR) is 91.3 cm³/mol. The van der Waals surface area contributed by atoms with Crippen molar-refractivity contribution in [1.82, 2.24) is 4.98 Å². The highest BCUT2D eigenvalue weighted by molar-refractivity contribution is 9.10. The Morgan fingerprint density at radius 3 is 2.86 bits per heavy atom. The fraction of sp³-hybridized carbons (Fsp3) is 0.375. The van der Waals surface area contributed by atoms with Crippen molar-refractivity contribution in [2.45, 2.75) is 25.4 Å². The average Bonchev–Trinajstić information content (AvgIpc) is 3.19. The van der Waals surface area contributed by atoms with Crippen LogP contribution < -0.4 is 4.90 Å². The molecular weight excluding hydrogens is 364 g/mol. The molecule has 22 heavy (non-hydrogen) atoms. The Bertz CT molecular complexity index is 610. The number of rotatable bonds is 5.